The minimum atomic E-state index is -0.333. The van der Waals surface area contributed by atoms with Crippen molar-refractivity contribution in [3.05, 3.63) is 39.4 Å². The number of nitrogens with zero attached hydrogens (tertiary/aromatic N) is 1. The summed E-state index contributed by atoms with van der Waals surface area (Å²) in [5.41, 5.74) is 7.96. The predicted molar refractivity (Wildman–Crippen MR) is 66.7 cm³/mol. The molecule has 0 radical (unpaired) electrons. The Labute approximate surface area is 101 Å². The number of nitro benzene ring substituents is 1. The van der Waals surface area contributed by atoms with E-state index in [1.54, 1.807) is 19.1 Å². The van der Waals surface area contributed by atoms with Crippen molar-refractivity contribution in [3.8, 4) is 0 Å². The first-order valence-electron chi connectivity index (χ1n) is 6.10. The van der Waals surface area contributed by atoms with Crippen LogP contribution in [0.2, 0.25) is 0 Å². The predicted octanol–water partition coefficient (Wildman–Crippen LogP) is 3.09. The van der Waals surface area contributed by atoms with E-state index in [9.17, 15) is 10.1 Å². The molecule has 0 spiro atoms. The average molecular weight is 234 g/mol. The fraction of sp³-hybridized carbons (Fsp3) is 0.538. The Morgan fingerprint density at radius 2 is 2.06 bits per heavy atom. The van der Waals surface area contributed by atoms with Gasteiger partial charge in [0.2, 0.25) is 0 Å². The average Bonchev–Trinajstić information content (AvgIpc) is 2.81. The van der Waals surface area contributed by atoms with Gasteiger partial charge in [-0.15, -0.1) is 0 Å². The van der Waals surface area contributed by atoms with Crippen LogP contribution < -0.4 is 5.73 Å². The monoisotopic (exact) mass is 234 g/mol. The molecule has 1 fully saturated rings. The normalized spacial score (nSPS) is 18.2. The molecule has 1 atom stereocenters. The minimum absolute atomic E-state index is 0.0585. The molecule has 4 heteroatoms. The van der Waals surface area contributed by atoms with Crippen LogP contribution in [-0.4, -0.2) is 4.92 Å². The Kier molecular flexibility index (Phi) is 3.43. The Bertz CT molecular complexity index is 425. The lowest BCUT2D eigenvalue weighted by atomic mass is 9.91. The first kappa shape index (κ1) is 12.0. The summed E-state index contributed by atoms with van der Waals surface area (Å²) in [6.07, 6.45) is 4.74. The Morgan fingerprint density at radius 1 is 1.41 bits per heavy atom. The Balaban J connectivity index is 2.26. The van der Waals surface area contributed by atoms with Crippen molar-refractivity contribution in [2.45, 2.75) is 38.6 Å². The van der Waals surface area contributed by atoms with Crippen molar-refractivity contribution in [1.29, 1.82) is 0 Å². The van der Waals surface area contributed by atoms with Crippen LogP contribution in [0.15, 0.2) is 18.2 Å². The van der Waals surface area contributed by atoms with Gasteiger partial charge in [-0.25, -0.2) is 0 Å². The molecule has 2 rings (SSSR count). The third kappa shape index (κ3) is 2.47. The van der Waals surface area contributed by atoms with Gasteiger partial charge in [0.15, 0.2) is 0 Å². The van der Waals surface area contributed by atoms with E-state index < -0.39 is 0 Å². The van der Waals surface area contributed by atoms with Crippen LogP contribution >= 0.6 is 0 Å². The van der Waals surface area contributed by atoms with Crippen LogP contribution in [0.4, 0.5) is 5.69 Å². The van der Waals surface area contributed by atoms with Crippen molar-refractivity contribution < 1.29 is 4.92 Å². The Morgan fingerprint density at radius 3 is 2.65 bits per heavy atom. The first-order valence-corrected chi connectivity index (χ1v) is 6.10. The van der Waals surface area contributed by atoms with Gasteiger partial charge >= 0.3 is 0 Å². The van der Waals surface area contributed by atoms with E-state index >= 15 is 0 Å². The molecule has 0 unspecified atom stereocenters. The maximum atomic E-state index is 10.9. The molecule has 0 heterocycles. The maximum Gasteiger partial charge on any atom is 0.272 e. The van der Waals surface area contributed by atoms with E-state index in [0.29, 0.717) is 11.5 Å². The topological polar surface area (TPSA) is 69.2 Å². The van der Waals surface area contributed by atoms with Gasteiger partial charge < -0.3 is 5.73 Å². The highest BCUT2D eigenvalue weighted by molar-refractivity contribution is 5.43. The molecule has 1 aliphatic rings. The molecule has 0 aliphatic heterocycles. The standard InChI is InChI=1S/C13H18N2O2/c1-9-6-7-11(8-12(9)15(16)17)13(14)10-4-2-3-5-10/h6-8,10,13H,2-5,14H2,1H3/t13-/m0/s1. The zero-order chi connectivity index (χ0) is 12.4. The summed E-state index contributed by atoms with van der Waals surface area (Å²) in [5, 5.41) is 10.9. The summed E-state index contributed by atoms with van der Waals surface area (Å²) in [5.74, 6) is 0.484. The highest BCUT2D eigenvalue weighted by Gasteiger charge is 2.24. The summed E-state index contributed by atoms with van der Waals surface area (Å²) < 4.78 is 0. The third-order valence-electron chi connectivity index (χ3n) is 3.72. The van der Waals surface area contributed by atoms with Crippen molar-refractivity contribution in [2.24, 2.45) is 11.7 Å². The summed E-state index contributed by atoms with van der Waals surface area (Å²) in [6, 6.07) is 5.29. The lowest BCUT2D eigenvalue weighted by Crippen LogP contribution is -2.19. The Hall–Kier alpha value is -1.42. The molecule has 1 saturated carbocycles. The molecule has 0 bridgehead atoms. The zero-order valence-electron chi connectivity index (χ0n) is 10.1. The molecule has 0 saturated heterocycles. The molecule has 1 aromatic rings. The van der Waals surface area contributed by atoms with Crippen molar-refractivity contribution in [3.63, 3.8) is 0 Å². The lowest BCUT2D eigenvalue weighted by molar-refractivity contribution is -0.385. The number of aryl methyl sites for hydroxylation is 1. The van der Waals surface area contributed by atoms with Gasteiger partial charge in [0.25, 0.3) is 5.69 Å². The molecule has 4 nitrogen and oxygen atoms in total. The summed E-state index contributed by atoms with van der Waals surface area (Å²) >= 11 is 0. The molecular formula is C13H18N2O2. The quantitative estimate of drug-likeness (QED) is 0.645. The molecule has 0 aromatic heterocycles. The fourth-order valence-corrected chi connectivity index (χ4v) is 2.62. The second kappa shape index (κ2) is 4.84. The zero-order valence-corrected chi connectivity index (χ0v) is 10.1. The lowest BCUT2D eigenvalue weighted by Gasteiger charge is -2.19. The van der Waals surface area contributed by atoms with Crippen molar-refractivity contribution in [1.82, 2.24) is 0 Å². The van der Waals surface area contributed by atoms with E-state index in [1.807, 2.05) is 6.07 Å². The second-order valence-corrected chi connectivity index (χ2v) is 4.87. The van der Waals surface area contributed by atoms with E-state index in [0.717, 1.165) is 18.4 Å². The summed E-state index contributed by atoms with van der Waals surface area (Å²) in [6.45, 7) is 1.75. The number of nitro groups is 1. The molecule has 2 N–H and O–H groups in total. The van der Waals surface area contributed by atoms with Gasteiger partial charge in [-0.1, -0.05) is 25.0 Å². The molecule has 1 aliphatic carbocycles. The van der Waals surface area contributed by atoms with Gasteiger partial charge in [-0.3, -0.25) is 10.1 Å². The summed E-state index contributed by atoms with van der Waals surface area (Å²) in [7, 11) is 0. The second-order valence-electron chi connectivity index (χ2n) is 4.87. The van der Waals surface area contributed by atoms with Gasteiger partial charge in [0.05, 0.1) is 4.92 Å². The van der Waals surface area contributed by atoms with Gasteiger partial charge in [0.1, 0.15) is 0 Å². The highest BCUT2D eigenvalue weighted by Crippen LogP contribution is 2.35. The van der Waals surface area contributed by atoms with Crippen LogP contribution in [0.1, 0.15) is 42.9 Å². The number of benzene rings is 1. The van der Waals surface area contributed by atoms with Gasteiger partial charge in [-0.05, 0) is 31.2 Å². The molecule has 0 amide bonds. The SMILES string of the molecule is Cc1ccc([C@@H](N)C2CCCC2)cc1[N+](=O)[O-]. The number of hydrogen-bond acceptors (Lipinski definition) is 3. The number of rotatable bonds is 3. The molecule has 17 heavy (non-hydrogen) atoms. The van der Waals surface area contributed by atoms with E-state index in [2.05, 4.69) is 0 Å². The fourth-order valence-electron chi connectivity index (χ4n) is 2.62. The minimum Gasteiger partial charge on any atom is -0.324 e. The molecular weight excluding hydrogens is 216 g/mol. The largest absolute Gasteiger partial charge is 0.324 e. The van der Waals surface area contributed by atoms with Crippen molar-refractivity contribution in [2.75, 3.05) is 0 Å². The van der Waals surface area contributed by atoms with Gasteiger partial charge in [0, 0.05) is 17.7 Å². The van der Waals surface area contributed by atoms with Crippen LogP contribution in [0.5, 0.6) is 0 Å². The van der Waals surface area contributed by atoms with Crippen LogP contribution in [0, 0.1) is 23.0 Å². The summed E-state index contributed by atoms with van der Waals surface area (Å²) in [4.78, 5) is 10.5. The van der Waals surface area contributed by atoms with Crippen LogP contribution in [0.3, 0.4) is 0 Å². The van der Waals surface area contributed by atoms with E-state index in [4.69, 9.17) is 5.73 Å². The molecule has 92 valence electrons. The van der Waals surface area contributed by atoms with Crippen LogP contribution in [-0.2, 0) is 0 Å². The third-order valence-corrected chi connectivity index (χ3v) is 3.72. The smallest absolute Gasteiger partial charge is 0.272 e. The number of hydrogen-bond donors (Lipinski definition) is 1. The van der Waals surface area contributed by atoms with Crippen molar-refractivity contribution >= 4 is 5.69 Å². The van der Waals surface area contributed by atoms with Gasteiger partial charge in [-0.2, -0.15) is 0 Å². The highest BCUT2D eigenvalue weighted by atomic mass is 16.6. The number of nitrogens with two attached hydrogens (primary N) is 1. The first-order chi connectivity index (χ1) is 8.09. The maximum absolute atomic E-state index is 10.9. The van der Waals surface area contributed by atoms with E-state index in [-0.39, 0.29) is 16.7 Å². The van der Waals surface area contributed by atoms with E-state index in [1.165, 1.54) is 12.8 Å². The van der Waals surface area contributed by atoms with Crippen LogP contribution in [0.25, 0.3) is 0 Å². The molecule has 1 aromatic carbocycles.